The van der Waals surface area contributed by atoms with Gasteiger partial charge in [0.2, 0.25) is 0 Å². The molecule has 1 heterocycles. The van der Waals surface area contributed by atoms with Gasteiger partial charge in [0, 0.05) is 12.3 Å². The highest BCUT2D eigenvalue weighted by molar-refractivity contribution is 9.10. The van der Waals surface area contributed by atoms with E-state index in [1.54, 1.807) is 0 Å². The molecule has 0 bridgehead atoms. The lowest BCUT2D eigenvalue weighted by Crippen LogP contribution is -2.16. The minimum atomic E-state index is -0.414. The standard InChI is InChI=1S/C23H27BrO3/c1-3-16(14-7-5-4-6-8-14)20-22(25)21(24)19(27-23(20)26)11-13(2)17-12-18(17)15-9-10-15/h4-8,13,15-18,25H,3,9-12H2,1-2H3. The van der Waals surface area contributed by atoms with Crippen LogP contribution in [0.4, 0.5) is 0 Å². The van der Waals surface area contributed by atoms with Crippen LogP contribution in [0.3, 0.4) is 0 Å². The summed E-state index contributed by atoms with van der Waals surface area (Å²) in [6.07, 6.45) is 5.50. The average molecular weight is 431 g/mol. The third-order valence-electron chi connectivity index (χ3n) is 6.46. The molecule has 2 aliphatic carbocycles. The first-order chi connectivity index (χ1) is 13.0. The zero-order valence-electron chi connectivity index (χ0n) is 16.0. The lowest BCUT2D eigenvalue weighted by Gasteiger charge is -2.18. The summed E-state index contributed by atoms with van der Waals surface area (Å²) in [7, 11) is 0. The SMILES string of the molecule is CCC(c1ccccc1)c1c(O)c(Br)c(CC(C)C2CC2C2CC2)oc1=O. The molecule has 27 heavy (non-hydrogen) atoms. The lowest BCUT2D eigenvalue weighted by molar-refractivity contribution is 0.363. The van der Waals surface area contributed by atoms with Gasteiger partial charge in [-0.25, -0.2) is 4.79 Å². The molecule has 2 saturated carbocycles. The van der Waals surface area contributed by atoms with Gasteiger partial charge in [0.25, 0.3) is 0 Å². The van der Waals surface area contributed by atoms with Crippen molar-refractivity contribution < 1.29 is 9.52 Å². The molecule has 4 heteroatoms. The molecule has 2 aromatic rings. The maximum atomic E-state index is 12.8. The fourth-order valence-corrected chi connectivity index (χ4v) is 5.15. The van der Waals surface area contributed by atoms with Crippen molar-refractivity contribution in [3.63, 3.8) is 0 Å². The molecule has 144 valence electrons. The highest BCUT2D eigenvalue weighted by Crippen LogP contribution is 2.57. The molecule has 2 aliphatic rings. The Morgan fingerprint density at radius 2 is 1.96 bits per heavy atom. The molecule has 2 fully saturated rings. The number of hydrogen-bond acceptors (Lipinski definition) is 3. The second-order valence-corrected chi connectivity index (χ2v) is 9.14. The minimum Gasteiger partial charge on any atom is -0.506 e. The van der Waals surface area contributed by atoms with Crippen molar-refractivity contribution in [2.75, 3.05) is 0 Å². The van der Waals surface area contributed by atoms with Crippen molar-refractivity contribution in [3.8, 4) is 5.75 Å². The summed E-state index contributed by atoms with van der Waals surface area (Å²) in [5.74, 6) is 3.48. The molecule has 0 radical (unpaired) electrons. The Kier molecular flexibility index (Phi) is 5.19. The van der Waals surface area contributed by atoms with Crippen molar-refractivity contribution in [2.45, 2.75) is 51.9 Å². The molecule has 0 saturated heterocycles. The summed E-state index contributed by atoms with van der Waals surface area (Å²) in [4.78, 5) is 12.8. The van der Waals surface area contributed by atoms with Crippen molar-refractivity contribution in [2.24, 2.45) is 23.7 Å². The summed E-state index contributed by atoms with van der Waals surface area (Å²) in [6, 6.07) is 9.83. The van der Waals surface area contributed by atoms with E-state index in [-0.39, 0.29) is 11.7 Å². The van der Waals surface area contributed by atoms with E-state index < -0.39 is 5.63 Å². The van der Waals surface area contributed by atoms with Crippen LogP contribution in [0, 0.1) is 23.7 Å². The van der Waals surface area contributed by atoms with E-state index in [9.17, 15) is 9.90 Å². The number of halogens is 1. The van der Waals surface area contributed by atoms with Crippen LogP contribution in [0.5, 0.6) is 5.75 Å². The van der Waals surface area contributed by atoms with Gasteiger partial charge in [-0.2, -0.15) is 0 Å². The van der Waals surface area contributed by atoms with Crippen molar-refractivity contribution in [1.29, 1.82) is 0 Å². The molecular weight excluding hydrogens is 404 g/mol. The second-order valence-electron chi connectivity index (χ2n) is 8.34. The molecule has 4 rings (SSSR count). The van der Waals surface area contributed by atoms with Crippen LogP contribution in [0.2, 0.25) is 0 Å². The number of aromatic hydroxyl groups is 1. The minimum absolute atomic E-state index is 0.0405. The van der Waals surface area contributed by atoms with Gasteiger partial charge in [-0.1, -0.05) is 44.2 Å². The fourth-order valence-electron chi connectivity index (χ4n) is 4.69. The van der Waals surface area contributed by atoms with Crippen molar-refractivity contribution in [3.05, 3.63) is 62.1 Å². The van der Waals surface area contributed by atoms with Crippen LogP contribution in [-0.2, 0) is 6.42 Å². The maximum absolute atomic E-state index is 12.8. The molecule has 0 amide bonds. The molecule has 0 aliphatic heterocycles. The van der Waals surface area contributed by atoms with E-state index in [2.05, 4.69) is 22.9 Å². The number of hydrogen-bond donors (Lipinski definition) is 1. The van der Waals surface area contributed by atoms with Gasteiger partial charge in [0.1, 0.15) is 11.5 Å². The van der Waals surface area contributed by atoms with Gasteiger partial charge in [-0.05, 0) is 70.8 Å². The van der Waals surface area contributed by atoms with Gasteiger partial charge < -0.3 is 9.52 Å². The quantitative estimate of drug-likeness (QED) is 0.596. The first kappa shape index (κ1) is 18.8. The Balaban J connectivity index is 1.60. The zero-order valence-corrected chi connectivity index (χ0v) is 17.5. The van der Waals surface area contributed by atoms with Gasteiger partial charge in [0.15, 0.2) is 0 Å². The van der Waals surface area contributed by atoms with Gasteiger partial charge in [0.05, 0.1) is 10.0 Å². The maximum Gasteiger partial charge on any atom is 0.343 e. The predicted molar refractivity (Wildman–Crippen MR) is 110 cm³/mol. The van der Waals surface area contributed by atoms with E-state index in [0.717, 1.165) is 29.7 Å². The van der Waals surface area contributed by atoms with Gasteiger partial charge in [-0.15, -0.1) is 0 Å². The molecule has 1 N–H and O–H groups in total. The van der Waals surface area contributed by atoms with Crippen LogP contribution in [0.25, 0.3) is 0 Å². The van der Waals surface area contributed by atoms with Gasteiger partial charge in [-0.3, -0.25) is 0 Å². The second kappa shape index (κ2) is 7.46. The summed E-state index contributed by atoms with van der Waals surface area (Å²) in [5, 5.41) is 10.8. The van der Waals surface area contributed by atoms with Crippen molar-refractivity contribution in [1.82, 2.24) is 0 Å². The van der Waals surface area contributed by atoms with E-state index in [4.69, 9.17) is 4.42 Å². The smallest absolute Gasteiger partial charge is 0.343 e. The largest absolute Gasteiger partial charge is 0.506 e. The summed E-state index contributed by atoms with van der Waals surface area (Å²) >= 11 is 3.51. The predicted octanol–water partition coefficient (Wildman–Crippen LogP) is 5.87. The lowest BCUT2D eigenvalue weighted by atomic mass is 9.89. The molecule has 4 atom stereocenters. The van der Waals surface area contributed by atoms with E-state index in [1.807, 2.05) is 37.3 Å². The number of benzene rings is 1. The van der Waals surface area contributed by atoms with Crippen LogP contribution in [0.15, 0.2) is 44.0 Å². The average Bonchev–Trinajstić information content (AvgIpc) is 3.55. The Bertz CT molecular complexity index is 869. The Morgan fingerprint density at radius 3 is 2.59 bits per heavy atom. The van der Waals surface area contributed by atoms with Crippen molar-refractivity contribution >= 4 is 15.9 Å². The third-order valence-corrected chi connectivity index (χ3v) is 7.28. The van der Waals surface area contributed by atoms with Crippen LogP contribution in [-0.4, -0.2) is 5.11 Å². The normalized spacial score (nSPS) is 23.8. The molecule has 3 nitrogen and oxygen atoms in total. The fraction of sp³-hybridized carbons (Fsp3) is 0.522. The van der Waals surface area contributed by atoms with E-state index in [0.29, 0.717) is 28.1 Å². The van der Waals surface area contributed by atoms with Crippen LogP contribution >= 0.6 is 15.9 Å². The van der Waals surface area contributed by atoms with E-state index >= 15 is 0 Å². The molecular formula is C23H27BrO3. The Morgan fingerprint density at radius 1 is 1.26 bits per heavy atom. The Hall–Kier alpha value is -1.55. The summed E-state index contributed by atoms with van der Waals surface area (Å²) in [5.41, 5.74) is 0.957. The first-order valence-electron chi connectivity index (χ1n) is 10.1. The summed E-state index contributed by atoms with van der Waals surface area (Å²) in [6.45, 7) is 4.26. The molecule has 0 spiro atoms. The van der Waals surface area contributed by atoms with E-state index in [1.165, 1.54) is 19.3 Å². The highest BCUT2D eigenvalue weighted by Gasteiger charge is 2.49. The Labute approximate surface area is 168 Å². The third kappa shape index (κ3) is 3.73. The highest BCUT2D eigenvalue weighted by atomic mass is 79.9. The monoisotopic (exact) mass is 430 g/mol. The topological polar surface area (TPSA) is 50.4 Å². The molecule has 4 unspecified atom stereocenters. The van der Waals surface area contributed by atoms with Crippen LogP contribution in [0.1, 0.15) is 62.3 Å². The first-order valence-corrected chi connectivity index (χ1v) is 10.9. The van der Waals surface area contributed by atoms with Crippen LogP contribution < -0.4 is 5.63 Å². The molecule has 1 aromatic carbocycles. The number of rotatable bonds is 7. The zero-order chi connectivity index (χ0) is 19.1. The van der Waals surface area contributed by atoms with Gasteiger partial charge >= 0.3 is 5.63 Å². The summed E-state index contributed by atoms with van der Waals surface area (Å²) < 4.78 is 6.27. The molecule has 1 aromatic heterocycles.